The van der Waals surface area contributed by atoms with Crippen molar-refractivity contribution in [2.45, 2.75) is 25.9 Å². The predicted molar refractivity (Wildman–Crippen MR) is 99.4 cm³/mol. The number of sulfonamides is 1. The topological polar surface area (TPSA) is 83.6 Å². The molecule has 0 fully saturated rings. The first-order valence-electron chi connectivity index (χ1n) is 8.21. The monoisotopic (exact) mass is 372 g/mol. The van der Waals surface area contributed by atoms with Gasteiger partial charge in [-0.2, -0.15) is 4.31 Å². The molecule has 7 heteroatoms. The largest absolute Gasteiger partial charge is 0.325 e. The van der Waals surface area contributed by atoms with Crippen molar-refractivity contribution in [2.24, 2.45) is 0 Å². The molecule has 0 aromatic heterocycles. The standard InChI is InChI=1S/C19H20N2O4S/c1-13(22)14-7-9-17(10-8-14)20-19(23)18-11-15-5-3-4-6-16(15)12-21(18)26(2,24)25/h3-10,18H,11-12H2,1-2H3,(H,20,23)/t18-/m0/s1. The molecule has 0 aliphatic carbocycles. The van der Waals surface area contributed by atoms with Gasteiger partial charge in [0.05, 0.1) is 6.26 Å². The number of Topliss-reactive ketones (excluding diaryl/α,β-unsaturated/α-hetero) is 1. The molecule has 0 radical (unpaired) electrons. The number of hydrogen-bond acceptors (Lipinski definition) is 4. The normalized spacial score (nSPS) is 17.4. The van der Waals surface area contributed by atoms with Gasteiger partial charge < -0.3 is 5.32 Å². The van der Waals surface area contributed by atoms with Gasteiger partial charge in [-0.15, -0.1) is 0 Å². The highest BCUT2D eigenvalue weighted by Crippen LogP contribution is 2.26. The lowest BCUT2D eigenvalue weighted by Gasteiger charge is -2.34. The predicted octanol–water partition coefficient (Wildman–Crippen LogP) is 2.21. The molecule has 2 aromatic rings. The van der Waals surface area contributed by atoms with Crippen LogP contribution in [0, 0.1) is 0 Å². The number of amides is 1. The Kier molecular flexibility index (Phi) is 4.93. The van der Waals surface area contributed by atoms with Crippen molar-refractivity contribution in [1.29, 1.82) is 0 Å². The molecule has 1 heterocycles. The summed E-state index contributed by atoms with van der Waals surface area (Å²) >= 11 is 0. The summed E-state index contributed by atoms with van der Waals surface area (Å²) in [5.41, 5.74) is 2.95. The summed E-state index contributed by atoms with van der Waals surface area (Å²) in [7, 11) is -3.55. The molecule has 2 aromatic carbocycles. The summed E-state index contributed by atoms with van der Waals surface area (Å²) in [5.74, 6) is -0.449. The fourth-order valence-electron chi connectivity index (χ4n) is 3.08. The lowest BCUT2D eigenvalue weighted by atomic mass is 9.95. The molecule has 0 spiro atoms. The summed E-state index contributed by atoms with van der Waals surface area (Å²) in [6.45, 7) is 1.65. The van der Waals surface area contributed by atoms with Crippen LogP contribution in [0.5, 0.6) is 0 Å². The van der Waals surface area contributed by atoms with Crippen LogP contribution in [0.15, 0.2) is 48.5 Å². The lowest BCUT2D eigenvalue weighted by Crippen LogP contribution is -2.50. The van der Waals surface area contributed by atoms with Crippen molar-refractivity contribution in [3.8, 4) is 0 Å². The lowest BCUT2D eigenvalue weighted by molar-refractivity contribution is -0.120. The Balaban J connectivity index is 1.85. The second-order valence-electron chi connectivity index (χ2n) is 6.42. The molecular weight excluding hydrogens is 352 g/mol. The minimum atomic E-state index is -3.55. The molecule has 0 saturated carbocycles. The molecule has 1 atom stereocenters. The first kappa shape index (κ1) is 18.3. The van der Waals surface area contributed by atoms with Crippen molar-refractivity contribution >= 4 is 27.4 Å². The number of carbonyl (C=O) groups is 2. The quantitative estimate of drug-likeness (QED) is 0.834. The molecule has 0 saturated heterocycles. The van der Waals surface area contributed by atoms with E-state index >= 15 is 0 Å². The van der Waals surface area contributed by atoms with E-state index in [1.807, 2.05) is 24.3 Å². The minimum absolute atomic E-state index is 0.0602. The third-order valence-corrected chi connectivity index (χ3v) is 5.73. The Bertz CT molecular complexity index is 952. The maximum Gasteiger partial charge on any atom is 0.243 e. The van der Waals surface area contributed by atoms with Crippen LogP contribution in [-0.2, 0) is 27.8 Å². The van der Waals surface area contributed by atoms with E-state index in [2.05, 4.69) is 5.32 Å². The molecule has 1 amide bonds. The number of carbonyl (C=O) groups excluding carboxylic acids is 2. The summed E-state index contributed by atoms with van der Waals surface area (Å²) in [4.78, 5) is 24.1. The number of nitrogens with zero attached hydrogens (tertiary/aromatic N) is 1. The first-order chi connectivity index (χ1) is 12.3. The maximum absolute atomic E-state index is 12.8. The number of anilines is 1. The van der Waals surface area contributed by atoms with Crippen LogP contribution in [0.25, 0.3) is 0 Å². The first-order valence-corrected chi connectivity index (χ1v) is 10.1. The fraction of sp³-hybridized carbons (Fsp3) is 0.263. The number of fused-ring (bicyclic) bond motifs is 1. The van der Waals surface area contributed by atoms with Gasteiger partial charge in [-0.3, -0.25) is 9.59 Å². The van der Waals surface area contributed by atoms with E-state index in [1.165, 1.54) is 11.2 Å². The molecule has 0 bridgehead atoms. The van der Waals surface area contributed by atoms with Gasteiger partial charge >= 0.3 is 0 Å². The van der Waals surface area contributed by atoms with Gasteiger partial charge in [0.2, 0.25) is 15.9 Å². The van der Waals surface area contributed by atoms with Crippen LogP contribution in [-0.4, -0.2) is 36.7 Å². The number of hydrogen-bond donors (Lipinski definition) is 1. The van der Waals surface area contributed by atoms with Crippen molar-refractivity contribution in [1.82, 2.24) is 4.31 Å². The molecule has 3 rings (SSSR count). The van der Waals surface area contributed by atoms with E-state index in [1.54, 1.807) is 24.3 Å². The average Bonchev–Trinajstić information content (AvgIpc) is 2.60. The Hall–Kier alpha value is -2.51. The summed E-state index contributed by atoms with van der Waals surface area (Å²) in [5, 5.41) is 2.75. The maximum atomic E-state index is 12.8. The number of benzene rings is 2. The van der Waals surface area contributed by atoms with E-state index in [9.17, 15) is 18.0 Å². The van der Waals surface area contributed by atoms with Gasteiger partial charge in [0, 0.05) is 17.8 Å². The molecule has 1 N–H and O–H groups in total. The van der Waals surface area contributed by atoms with Gasteiger partial charge in [-0.05, 0) is 48.7 Å². The third kappa shape index (κ3) is 3.84. The van der Waals surface area contributed by atoms with Crippen LogP contribution in [0.1, 0.15) is 28.4 Å². The van der Waals surface area contributed by atoms with Crippen molar-refractivity contribution < 1.29 is 18.0 Å². The second-order valence-corrected chi connectivity index (χ2v) is 8.35. The molecule has 0 unspecified atom stereocenters. The van der Waals surface area contributed by atoms with E-state index < -0.39 is 16.1 Å². The molecule has 1 aliphatic rings. The zero-order valence-corrected chi connectivity index (χ0v) is 15.4. The van der Waals surface area contributed by atoms with E-state index in [-0.39, 0.29) is 18.2 Å². The average molecular weight is 372 g/mol. The molecule has 6 nitrogen and oxygen atoms in total. The van der Waals surface area contributed by atoms with Gasteiger partial charge in [-0.1, -0.05) is 24.3 Å². The van der Waals surface area contributed by atoms with Crippen molar-refractivity contribution in [3.63, 3.8) is 0 Å². The highest BCUT2D eigenvalue weighted by atomic mass is 32.2. The smallest absolute Gasteiger partial charge is 0.243 e. The summed E-state index contributed by atoms with van der Waals surface area (Å²) in [6.07, 6.45) is 1.43. The molecule has 136 valence electrons. The Morgan fingerprint density at radius 2 is 1.65 bits per heavy atom. The highest BCUT2D eigenvalue weighted by Gasteiger charge is 2.36. The summed E-state index contributed by atoms with van der Waals surface area (Å²) in [6, 6.07) is 13.2. The highest BCUT2D eigenvalue weighted by molar-refractivity contribution is 7.88. The van der Waals surface area contributed by atoms with E-state index in [0.717, 1.165) is 17.4 Å². The van der Waals surface area contributed by atoms with Gasteiger partial charge in [0.15, 0.2) is 5.78 Å². The zero-order valence-electron chi connectivity index (χ0n) is 14.6. The fourth-order valence-corrected chi connectivity index (χ4v) is 4.09. The van der Waals surface area contributed by atoms with Crippen LogP contribution in [0.3, 0.4) is 0 Å². The second kappa shape index (κ2) is 7.01. The number of ketones is 1. The van der Waals surface area contributed by atoms with Crippen molar-refractivity contribution in [2.75, 3.05) is 11.6 Å². The Labute approximate surface area is 152 Å². The van der Waals surface area contributed by atoms with Crippen LogP contribution >= 0.6 is 0 Å². The van der Waals surface area contributed by atoms with Crippen LogP contribution in [0.2, 0.25) is 0 Å². The van der Waals surface area contributed by atoms with Crippen LogP contribution in [0.4, 0.5) is 5.69 Å². The summed E-state index contributed by atoms with van der Waals surface area (Å²) < 4.78 is 25.6. The third-order valence-electron chi connectivity index (χ3n) is 4.49. The molecule has 26 heavy (non-hydrogen) atoms. The van der Waals surface area contributed by atoms with Gasteiger partial charge in [0.1, 0.15) is 6.04 Å². The van der Waals surface area contributed by atoms with E-state index in [4.69, 9.17) is 0 Å². The van der Waals surface area contributed by atoms with Crippen molar-refractivity contribution in [3.05, 3.63) is 65.2 Å². The SMILES string of the molecule is CC(=O)c1ccc(NC(=O)[C@@H]2Cc3ccccc3CN2S(C)(=O)=O)cc1. The van der Waals surface area contributed by atoms with Crippen LogP contribution < -0.4 is 5.32 Å². The van der Waals surface area contributed by atoms with Gasteiger partial charge in [-0.25, -0.2) is 8.42 Å². The zero-order chi connectivity index (χ0) is 18.9. The van der Waals surface area contributed by atoms with Gasteiger partial charge in [0.25, 0.3) is 0 Å². The minimum Gasteiger partial charge on any atom is -0.325 e. The molecule has 1 aliphatic heterocycles. The molecular formula is C19H20N2O4S. The Morgan fingerprint density at radius 3 is 2.23 bits per heavy atom. The van der Waals surface area contributed by atoms with E-state index in [0.29, 0.717) is 17.7 Å². The Morgan fingerprint density at radius 1 is 1.04 bits per heavy atom. The number of nitrogens with one attached hydrogen (secondary N) is 1. The number of rotatable bonds is 4.